The monoisotopic (exact) mass is 563 g/mol. The van der Waals surface area contributed by atoms with Crippen molar-refractivity contribution in [3.8, 4) is 5.75 Å². The maximum Gasteiger partial charge on any atom is 0.459 e. The minimum Gasteiger partial charge on any atom is -0.460 e. The van der Waals surface area contributed by atoms with Crippen molar-refractivity contribution in [2.45, 2.75) is 45.1 Å². The minimum absolute atomic E-state index is 0.0173. The molecule has 1 aromatic heterocycles. The Morgan fingerprint density at radius 3 is 2.41 bits per heavy atom. The summed E-state index contributed by atoms with van der Waals surface area (Å²) in [6.45, 7) is 2.94. The molecule has 0 aliphatic rings. The normalized spacial score (nSPS) is 15.1. The van der Waals surface area contributed by atoms with Crippen LogP contribution in [0.4, 0.5) is 4.39 Å². The first-order chi connectivity index (χ1) is 18.6. The van der Waals surface area contributed by atoms with E-state index >= 15 is 0 Å². The van der Waals surface area contributed by atoms with Gasteiger partial charge in [-0.3, -0.25) is 23.7 Å². The molecule has 2 N–H and O–H groups in total. The Morgan fingerprint density at radius 1 is 1.08 bits per heavy atom. The van der Waals surface area contributed by atoms with E-state index in [9.17, 15) is 23.3 Å². The summed E-state index contributed by atoms with van der Waals surface area (Å²) in [6.07, 6.45) is 0.950. The molecule has 2 aromatic carbocycles. The van der Waals surface area contributed by atoms with Crippen molar-refractivity contribution < 1.29 is 32.3 Å². The van der Waals surface area contributed by atoms with Crippen molar-refractivity contribution in [3.63, 3.8) is 0 Å². The van der Waals surface area contributed by atoms with Gasteiger partial charge in [-0.1, -0.05) is 30.3 Å². The number of halogens is 1. The van der Waals surface area contributed by atoms with Gasteiger partial charge in [-0.25, -0.2) is 13.8 Å². The topological polar surface area (TPSA) is 138 Å². The SMILES string of the molecule is COC(COP(=O)(N[C@@H](C)C(=O)OCc1ccccc1)Oc1ccc(F)cc1)CC(C)n1ccc(=O)[nH]c1=O. The van der Waals surface area contributed by atoms with Crippen LogP contribution in [-0.2, 0) is 30.0 Å². The largest absolute Gasteiger partial charge is 0.460 e. The van der Waals surface area contributed by atoms with E-state index in [4.69, 9.17) is 18.5 Å². The number of H-pyrrole nitrogens is 1. The first-order valence-electron chi connectivity index (χ1n) is 12.1. The van der Waals surface area contributed by atoms with Gasteiger partial charge in [0.25, 0.3) is 5.56 Å². The number of ether oxygens (including phenoxy) is 2. The molecule has 0 saturated heterocycles. The molecule has 0 fully saturated rings. The van der Waals surface area contributed by atoms with Gasteiger partial charge in [0.15, 0.2) is 0 Å². The van der Waals surface area contributed by atoms with Gasteiger partial charge in [-0.15, -0.1) is 0 Å². The molecular weight excluding hydrogens is 532 g/mol. The molecule has 3 aromatic rings. The summed E-state index contributed by atoms with van der Waals surface area (Å²) in [4.78, 5) is 38.3. The third-order valence-electron chi connectivity index (χ3n) is 5.66. The Kier molecular flexibility index (Phi) is 10.8. The highest BCUT2D eigenvalue weighted by Gasteiger charge is 2.33. The van der Waals surface area contributed by atoms with Crippen molar-refractivity contribution >= 4 is 13.7 Å². The Bertz CT molecular complexity index is 1380. The standard InChI is InChI=1S/C26H31FN3O8P/c1-18(30-14-13-24(31)28-26(30)33)15-23(35-3)17-37-39(34,38-22-11-9-21(27)10-12-22)29-19(2)25(32)36-16-20-7-5-4-6-8-20/h4-14,18-19,23H,15-17H2,1-3H3,(H,29,34)(H,28,31,33)/t18?,19-,23?,39?/m0/s1. The molecule has 11 nitrogen and oxygen atoms in total. The predicted molar refractivity (Wildman–Crippen MR) is 141 cm³/mol. The average molecular weight is 564 g/mol. The second kappa shape index (κ2) is 14.0. The number of nitrogens with one attached hydrogen (secondary N) is 2. The quantitative estimate of drug-likeness (QED) is 0.223. The highest BCUT2D eigenvalue weighted by atomic mass is 31.2. The van der Waals surface area contributed by atoms with Crippen LogP contribution in [0.5, 0.6) is 5.75 Å². The average Bonchev–Trinajstić information content (AvgIpc) is 2.91. The highest BCUT2D eigenvalue weighted by Crippen LogP contribution is 2.45. The Labute approximate surface area is 224 Å². The summed E-state index contributed by atoms with van der Waals surface area (Å²) in [7, 11) is -2.81. The lowest BCUT2D eigenvalue weighted by atomic mass is 10.1. The van der Waals surface area contributed by atoms with Crippen LogP contribution in [0.3, 0.4) is 0 Å². The van der Waals surface area contributed by atoms with Crippen molar-refractivity contribution in [1.82, 2.24) is 14.6 Å². The third kappa shape index (κ3) is 9.29. The van der Waals surface area contributed by atoms with Crippen LogP contribution in [0.15, 0.2) is 76.4 Å². The van der Waals surface area contributed by atoms with Crippen molar-refractivity contribution in [2.24, 2.45) is 0 Å². The smallest absolute Gasteiger partial charge is 0.459 e. The number of nitrogens with zero attached hydrogens (tertiary/aromatic N) is 1. The van der Waals surface area contributed by atoms with Crippen LogP contribution < -0.4 is 20.9 Å². The van der Waals surface area contributed by atoms with Gasteiger partial charge in [0.05, 0.1) is 12.7 Å². The van der Waals surface area contributed by atoms with E-state index in [2.05, 4.69) is 10.1 Å². The van der Waals surface area contributed by atoms with E-state index in [1.807, 2.05) is 18.2 Å². The summed E-state index contributed by atoms with van der Waals surface area (Å²) in [6, 6.07) is 13.5. The fourth-order valence-electron chi connectivity index (χ4n) is 3.55. The molecule has 0 radical (unpaired) electrons. The fraction of sp³-hybridized carbons (Fsp3) is 0.346. The summed E-state index contributed by atoms with van der Waals surface area (Å²) >= 11 is 0. The lowest BCUT2D eigenvalue weighted by Crippen LogP contribution is -2.36. The van der Waals surface area contributed by atoms with Gasteiger partial charge >= 0.3 is 19.4 Å². The first-order valence-corrected chi connectivity index (χ1v) is 13.6. The van der Waals surface area contributed by atoms with E-state index in [0.29, 0.717) is 0 Å². The van der Waals surface area contributed by atoms with Gasteiger partial charge in [-0.05, 0) is 50.1 Å². The summed E-state index contributed by atoms with van der Waals surface area (Å²) < 4.78 is 50.4. The highest BCUT2D eigenvalue weighted by molar-refractivity contribution is 7.52. The molecule has 4 atom stereocenters. The van der Waals surface area contributed by atoms with Crippen LogP contribution in [-0.4, -0.2) is 41.4 Å². The van der Waals surface area contributed by atoms with E-state index in [-0.39, 0.29) is 25.4 Å². The number of benzene rings is 2. The molecule has 0 bridgehead atoms. The maximum absolute atomic E-state index is 13.7. The lowest BCUT2D eigenvalue weighted by Gasteiger charge is -2.26. The predicted octanol–water partition coefficient (Wildman–Crippen LogP) is 3.57. The number of aromatic amines is 1. The van der Waals surface area contributed by atoms with Crippen LogP contribution in [0.1, 0.15) is 31.9 Å². The molecule has 39 heavy (non-hydrogen) atoms. The first kappa shape index (κ1) is 30.0. The number of carbonyl (C=O) groups is 1. The zero-order valence-corrected chi connectivity index (χ0v) is 22.6. The Balaban J connectivity index is 1.69. The van der Waals surface area contributed by atoms with E-state index in [1.54, 1.807) is 19.1 Å². The number of hydrogen-bond acceptors (Lipinski definition) is 8. The van der Waals surface area contributed by atoms with E-state index in [1.165, 1.54) is 43.0 Å². The zero-order valence-electron chi connectivity index (χ0n) is 21.7. The van der Waals surface area contributed by atoms with Crippen molar-refractivity contribution in [1.29, 1.82) is 0 Å². The van der Waals surface area contributed by atoms with Gasteiger partial charge in [0, 0.05) is 25.4 Å². The molecule has 3 rings (SSSR count). The molecule has 1 heterocycles. The number of rotatable bonds is 14. The Hall–Kier alpha value is -3.57. The van der Waals surface area contributed by atoms with Crippen molar-refractivity contribution in [2.75, 3.05) is 13.7 Å². The zero-order chi connectivity index (χ0) is 28.4. The second-order valence-corrected chi connectivity index (χ2v) is 10.4. The molecule has 210 valence electrons. The lowest BCUT2D eigenvalue weighted by molar-refractivity contribution is -0.146. The molecule has 13 heteroatoms. The summed E-state index contributed by atoms with van der Waals surface area (Å²) in [5.41, 5.74) is -0.323. The van der Waals surface area contributed by atoms with E-state index in [0.717, 1.165) is 17.7 Å². The molecule has 3 unspecified atom stereocenters. The van der Waals surface area contributed by atoms with Gasteiger partial charge in [-0.2, -0.15) is 5.09 Å². The van der Waals surface area contributed by atoms with Gasteiger partial charge in [0.2, 0.25) is 0 Å². The van der Waals surface area contributed by atoms with E-state index < -0.39 is 49.0 Å². The Morgan fingerprint density at radius 2 is 1.77 bits per heavy atom. The molecular formula is C26H31FN3O8P. The number of methoxy groups -OCH3 is 1. The number of aromatic nitrogens is 2. The minimum atomic E-state index is -4.23. The number of carbonyl (C=O) groups excluding carboxylic acids is 1. The molecule has 0 aliphatic carbocycles. The number of esters is 1. The van der Waals surface area contributed by atoms with Crippen LogP contribution in [0.25, 0.3) is 0 Å². The second-order valence-electron chi connectivity index (χ2n) is 8.74. The third-order valence-corrected chi connectivity index (χ3v) is 7.31. The summed E-state index contributed by atoms with van der Waals surface area (Å²) in [5.74, 6) is -1.17. The van der Waals surface area contributed by atoms with Crippen molar-refractivity contribution in [3.05, 3.63) is 99.1 Å². The maximum atomic E-state index is 13.7. The molecule has 0 aliphatic heterocycles. The summed E-state index contributed by atoms with van der Waals surface area (Å²) in [5, 5.41) is 2.56. The van der Waals surface area contributed by atoms with Crippen LogP contribution >= 0.6 is 7.75 Å². The molecule has 0 saturated carbocycles. The number of hydrogen-bond donors (Lipinski definition) is 2. The molecule has 0 amide bonds. The van der Waals surface area contributed by atoms with Gasteiger partial charge < -0.3 is 14.0 Å². The van der Waals surface area contributed by atoms with Crippen LogP contribution in [0.2, 0.25) is 0 Å². The molecule has 0 spiro atoms. The van der Waals surface area contributed by atoms with Crippen LogP contribution in [0, 0.1) is 5.82 Å². The van der Waals surface area contributed by atoms with Gasteiger partial charge in [0.1, 0.15) is 24.2 Å². The fourth-order valence-corrected chi connectivity index (χ4v) is 5.07.